The Hall–Kier alpha value is 0.943. The van der Waals surface area contributed by atoms with Gasteiger partial charge >= 0.3 is 117 Å². The summed E-state index contributed by atoms with van der Waals surface area (Å²) in [6.07, 6.45) is 8.03. The smallest absolute Gasteiger partial charge is 1.00 e. The van der Waals surface area contributed by atoms with E-state index in [2.05, 4.69) is 27.7 Å². The monoisotopic (exact) mass is 365 g/mol. The van der Waals surface area contributed by atoms with Crippen LogP contribution >= 0.6 is 0 Å². The summed E-state index contributed by atoms with van der Waals surface area (Å²) in [4.78, 5) is 0. The molecule has 0 aromatic carbocycles. The van der Waals surface area contributed by atoms with Gasteiger partial charge in [-0.05, 0) is 0 Å². The van der Waals surface area contributed by atoms with E-state index in [-0.39, 0.29) is 24.8 Å². The normalized spacial score (nSPS) is 18.9. The minimum atomic E-state index is 0. The van der Waals surface area contributed by atoms with Crippen LogP contribution in [0.2, 0.25) is 0 Å². The number of hydrogen-bond acceptors (Lipinski definition) is 0. The van der Waals surface area contributed by atoms with Crippen molar-refractivity contribution < 1.29 is 49.5 Å². The Labute approximate surface area is 141 Å². The Morgan fingerprint density at radius 3 is 2.00 bits per heavy atom. The fourth-order valence-corrected chi connectivity index (χ4v) is 3.40. The summed E-state index contributed by atoms with van der Waals surface area (Å²) in [5.74, 6) is 0.761. The molecule has 103 valence electrons. The molecule has 3 heteroatoms. The number of unbranched alkanes of at least 4 members (excludes halogenated alkanes) is 2. The third kappa shape index (κ3) is 5.14. The fourth-order valence-electron chi connectivity index (χ4n) is 2.60. The zero-order valence-electron chi connectivity index (χ0n) is 12.1. The van der Waals surface area contributed by atoms with E-state index < -0.39 is 0 Å². The van der Waals surface area contributed by atoms with Gasteiger partial charge < -0.3 is 24.8 Å². The second kappa shape index (κ2) is 10.7. The van der Waals surface area contributed by atoms with Crippen LogP contribution in [0.15, 0.2) is 20.0 Å². The molecule has 0 aromatic rings. The first-order chi connectivity index (χ1) is 7.63. The van der Waals surface area contributed by atoms with E-state index in [0.717, 1.165) is 5.92 Å². The van der Waals surface area contributed by atoms with Crippen molar-refractivity contribution in [3.8, 4) is 0 Å². The minimum Gasteiger partial charge on any atom is -1.00 e. The van der Waals surface area contributed by atoms with Crippen molar-refractivity contribution in [1.29, 1.82) is 0 Å². The summed E-state index contributed by atoms with van der Waals surface area (Å²) in [7, 11) is 0. The van der Waals surface area contributed by atoms with E-state index in [4.69, 9.17) is 0 Å². The van der Waals surface area contributed by atoms with Crippen LogP contribution in [-0.2, 0) is 24.7 Å². The Balaban J connectivity index is 0. The van der Waals surface area contributed by atoms with E-state index in [9.17, 15) is 0 Å². The van der Waals surface area contributed by atoms with Crippen molar-refractivity contribution in [2.24, 2.45) is 5.92 Å². The molecule has 1 atom stereocenters. The molecule has 1 unspecified atom stereocenters. The van der Waals surface area contributed by atoms with Crippen LogP contribution in [0.3, 0.4) is 0 Å². The molecule has 0 nitrogen and oxygen atoms in total. The van der Waals surface area contributed by atoms with Gasteiger partial charge in [-0.25, -0.2) is 0 Å². The molecule has 1 aliphatic carbocycles. The van der Waals surface area contributed by atoms with Gasteiger partial charge in [-0.1, -0.05) is 0 Å². The Morgan fingerprint density at radius 1 is 1.00 bits per heavy atom. The zero-order chi connectivity index (χ0) is 12.1. The molecule has 1 aliphatic rings. The van der Waals surface area contributed by atoms with Crippen molar-refractivity contribution in [3.63, 3.8) is 0 Å². The van der Waals surface area contributed by atoms with Crippen LogP contribution < -0.4 is 24.8 Å². The van der Waals surface area contributed by atoms with Crippen LogP contribution in [0.5, 0.6) is 0 Å². The maximum atomic E-state index is 2.41. The van der Waals surface area contributed by atoms with Gasteiger partial charge in [-0.3, -0.25) is 0 Å². The molecule has 1 rings (SSSR count). The van der Waals surface area contributed by atoms with Gasteiger partial charge in [-0.15, -0.1) is 0 Å². The van der Waals surface area contributed by atoms with Crippen molar-refractivity contribution in [1.82, 2.24) is 0 Å². The van der Waals surface area contributed by atoms with E-state index in [0.29, 0.717) is 0 Å². The molecule has 0 spiro atoms. The standard InChI is InChI=1S/C15H25.2ClH.Zr/c1-5-7-9-14-12(3)11-13(4)15(14)10-8-6-2;;;/h12H,5-10H2,1-4H3;2*1H;/q;;;+2/p-2. The van der Waals surface area contributed by atoms with Crippen LogP contribution in [-0.4, -0.2) is 0 Å². The summed E-state index contributed by atoms with van der Waals surface area (Å²) in [6.45, 7) is 9.36. The second-order valence-corrected chi connectivity index (χ2v) is 6.30. The molecule has 0 N–H and O–H groups in total. The molecule has 0 saturated heterocycles. The van der Waals surface area contributed by atoms with Crippen molar-refractivity contribution in [3.05, 3.63) is 20.0 Å². The first-order valence-corrected chi connectivity index (χ1v) is 8.01. The Kier molecular flexibility index (Phi) is 12.6. The van der Waals surface area contributed by atoms with E-state index in [1.165, 1.54) is 38.5 Å². The van der Waals surface area contributed by atoms with E-state index >= 15 is 0 Å². The molecule has 18 heavy (non-hydrogen) atoms. The topological polar surface area (TPSA) is 0 Å². The number of hydrogen-bond donors (Lipinski definition) is 0. The minimum absolute atomic E-state index is 0. The fraction of sp³-hybridized carbons (Fsp3) is 0.733. The molecule has 0 fully saturated rings. The average Bonchev–Trinajstić information content (AvgIpc) is 2.49. The second-order valence-electron chi connectivity index (χ2n) is 4.97. The summed E-state index contributed by atoms with van der Waals surface area (Å²) in [6, 6.07) is 0. The summed E-state index contributed by atoms with van der Waals surface area (Å²) >= 11 is 1.63. The van der Waals surface area contributed by atoms with Gasteiger partial charge in [-0.2, -0.15) is 0 Å². The molecule has 0 heterocycles. The van der Waals surface area contributed by atoms with Crippen molar-refractivity contribution in [2.75, 3.05) is 0 Å². The van der Waals surface area contributed by atoms with E-state index in [1.807, 2.05) is 0 Å². The van der Waals surface area contributed by atoms with Gasteiger partial charge in [0, 0.05) is 0 Å². The summed E-state index contributed by atoms with van der Waals surface area (Å²) < 4.78 is 1.71. The first-order valence-electron chi connectivity index (χ1n) is 6.78. The molecule has 0 radical (unpaired) electrons. The third-order valence-electron chi connectivity index (χ3n) is 3.78. The maximum Gasteiger partial charge on any atom is -1.00 e. The summed E-state index contributed by atoms with van der Waals surface area (Å²) in [5.41, 5.74) is 5.15. The number of halogens is 2. The molecule has 0 aliphatic heterocycles. The zero-order valence-corrected chi connectivity index (χ0v) is 16.0. The predicted octanol–water partition coefficient (Wildman–Crippen LogP) is -0.858. The third-order valence-corrected chi connectivity index (χ3v) is 5.77. The molecule has 0 aromatic heterocycles. The predicted molar refractivity (Wildman–Crippen MR) is 67.9 cm³/mol. The van der Waals surface area contributed by atoms with Crippen molar-refractivity contribution >= 4 is 0 Å². The molecular formula is C15H25Cl2Zr. The molecule has 0 bridgehead atoms. The largest absolute Gasteiger partial charge is 1.00 e. The van der Waals surface area contributed by atoms with Crippen LogP contribution in [0.4, 0.5) is 0 Å². The van der Waals surface area contributed by atoms with E-state index in [1.54, 1.807) is 44.7 Å². The number of rotatable bonds is 6. The maximum absolute atomic E-state index is 2.41. The number of allylic oxidation sites excluding steroid dienone is 4. The first kappa shape index (κ1) is 21.2. The molecule has 0 amide bonds. The Bertz CT molecular complexity index is 306. The van der Waals surface area contributed by atoms with Crippen molar-refractivity contribution in [2.45, 2.75) is 66.2 Å². The van der Waals surface area contributed by atoms with Crippen LogP contribution in [0.25, 0.3) is 0 Å². The van der Waals surface area contributed by atoms with Gasteiger partial charge in [0.1, 0.15) is 0 Å². The van der Waals surface area contributed by atoms with Crippen LogP contribution in [0.1, 0.15) is 66.2 Å². The molecule has 0 saturated carbocycles. The average molecular weight is 367 g/mol. The SMILES string of the molecule is CCCCC1=C(CCCC)C(C)[C]([Zr+2])=C1C.[Cl-].[Cl-]. The van der Waals surface area contributed by atoms with Crippen LogP contribution in [0, 0.1) is 5.92 Å². The quantitative estimate of drug-likeness (QED) is 0.573. The van der Waals surface area contributed by atoms with Gasteiger partial charge in [0.25, 0.3) is 0 Å². The van der Waals surface area contributed by atoms with Gasteiger partial charge in [0.05, 0.1) is 0 Å². The Morgan fingerprint density at radius 2 is 1.50 bits per heavy atom. The van der Waals surface area contributed by atoms with Gasteiger partial charge in [0.15, 0.2) is 0 Å². The van der Waals surface area contributed by atoms with Gasteiger partial charge in [0.2, 0.25) is 0 Å². The molecular weight excluding hydrogens is 342 g/mol. The summed E-state index contributed by atoms with van der Waals surface area (Å²) in [5, 5.41) is 0.